The van der Waals surface area contributed by atoms with Crippen LogP contribution < -0.4 is 14.8 Å². The number of hydrogen-bond donors (Lipinski definition) is 1. The third-order valence-electron chi connectivity index (χ3n) is 2.81. The molecule has 0 fully saturated rings. The van der Waals surface area contributed by atoms with Crippen molar-refractivity contribution in [1.29, 1.82) is 0 Å². The maximum atomic E-state index is 11.9. The number of benzene rings is 1. The molecule has 0 unspecified atom stereocenters. The number of methoxy groups -OCH3 is 2. The van der Waals surface area contributed by atoms with Gasteiger partial charge in [-0.2, -0.15) is 0 Å². The molecule has 0 radical (unpaired) electrons. The predicted octanol–water partition coefficient (Wildman–Crippen LogP) is 2.03. The number of ether oxygens (including phenoxy) is 2. The van der Waals surface area contributed by atoms with E-state index in [0.717, 1.165) is 5.56 Å². The van der Waals surface area contributed by atoms with E-state index in [2.05, 4.69) is 10.3 Å². The average Bonchev–Trinajstić information content (AvgIpc) is 2.53. The number of amides is 1. The van der Waals surface area contributed by atoms with E-state index in [1.165, 1.54) is 0 Å². The van der Waals surface area contributed by atoms with Crippen LogP contribution in [0.25, 0.3) is 0 Å². The lowest BCUT2D eigenvalue weighted by molar-refractivity contribution is 0.0950. The van der Waals surface area contributed by atoms with E-state index in [1.54, 1.807) is 44.8 Å². The first-order valence-corrected chi connectivity index (χ1v) is 6.13. The second kappa shape index (κ2) is 6.56. The van der Waals surface area contributed by atoms with Gasteiger partial charge in [0, 0.05) is 30.6 Å². The molecule has 5 heteroatoms. The Balaban J connectivity index is 2.05. The lowest BCUT2D eigenvalue weighted by atomic mass is 10.2. The lowest BCUT2D eigenvalue weighted by Gasteiger charge is -2.09. The van der Waals surface area contributed by atoms with Crippen molar-refractivity contribution in [2.45, 2.75) is 6.54 Å². The Kier molecular flexibility index (Phi) is 4.55. The van der Waals surface area contributed by atoms with E-state index in [1.807, 2.05) is 12.1 Å². The highest BCUT2D eigenvalue weighted by molar-refractivity contribution is 5.93. The molecule has 20 heavy (non-hydrogen) atoms. The van der Waals surface area contributed by atoms with Crippen molar-refractivity contribution in [3.8, 4) is 11.5 Å². The maximum absolute atomic E-state index is 11.9. The van der Waals surface area contributed by atoms with Gasteiger partial charge in [-0.15, -0.1) is 0 Å². The maximum Gasteiger partial charge on any atom is 0.251 e. The molecule has 0 bridgehead atoms. The quantitative estimate of drug-likeness (QED) is 0.904. The van der Waals surface area contributed by atoms with Crippen LogP contribution in [0.2, 0.25) is 0 Å². The number of carbonyl (C=O) groups excluding carboxylic acids is 1. The minimum absolute atomic E-state index is 0.144. The molecule has 0 aliphatic carbocycles. The first-order chi connectivity index (χ1) is 9.72. The summed E-state index contributed by atoms with van der Waals surface area (Å²) >= 11 is 0. The topological polar surface area (TPSA) is 60.5 Å². The van der Waals surface area contributed by atoms with Gasteiger partial charge in [0.2, 0.25) is 0 Å². The van der Waals surface area contributed by atoms with Crippen LogP contribution in [0.5, 0.6) is 11.5 Å². The van der Waals surface area contributed by atoms with Crippen molar-refractivity contribution in [2.75, 3.05) is 14.2 Å². The number of nitrogens with zero attached hydrogens (tertiary/aromatic N) is 1. The molecule has 2 aromatic rings. The van der Waals surface area contributed by atoms with E-state index < -0.39 is 0 Å². The van der Waals surface area contributed by atoms with Crippen molar-refractivity contribution in [3.05, 3.63) is 53.9 Å². The summed E-state index contributed by atoms with van der Waals surface area (Å²) in [4.78, 5) is 15.8. The second-order valence-electron chi connectivity index (χ2n) is 4.14. The molecule has 1 heterocycles. The summed E-state index contributed by atoms with van der Waals surface area (Å²) in [7, 11) is 3.18. The van der Waals surface area contributed by atoms with E-state index in [-0.39, 0.29) is 5.91 Å². The molecule has 2 rings (SSSR count). The fourth-order valence-electron chi connectivity index (χ4n) is 1.76. The standard InChI is InChI=1S/C15H16N2O3/c1-19-13-7-11(8-14(9-13)20-2)10-17-15(18)12-3-5-16-6-4-12/h3-9H,10H2,1-2H3,(H,17,18). The molecule has 1 aromatic carbocycles. The summed E-state index contributed by atoms with van der Waals surface area (Å²) < 4.78 is 10.4. The first-order valence-electron chi connectivity index (χ1n) is 6.13. The molecule has 104 valence electrons. The largest absolute Gasteiger partial charge is 0.497 e. The third-order valence-corrected chi connectivity index (χ3v) is 2.81. The molecule has 0 atom stereocenters. The first kappa shape index (κ1) is 13.9. The van der Waals surface area contributed by atoms with Crippen LogP contribution in [0.3, 0.4) is 0 Å². The highest BCUT2D eigenvalue weighted by Gasteiger charge is 2.06. The number of pyridine rings is 1. The van der Waals surface area contributed by atoms with Crippen LogP contribution in [0.15, 0.2) is 42.7 Å². The second-order valence-corrected chi connectivity index (χ2v) is 4.14. The fourth-order valence-corrected chi connectivity index (χ4v) is 1.76. The zero-order chi connectivity index (χ0) is 14.4. The normalized spacial score (nSPS) is 9.90. The van der Waals surface area contributed by atoms with E-state index in [9.17, 15) is 4.79 Å². The highest BCUT2D eigenvalue weighted by Crippen LogP contribution is 2.22. The van der Waals surface area contributed by atoms with Crippen molar-refractivity contribution in [2.24, 2.45) is 0 Å². The average molecular weight is 272 g/mol. The zero-order valence-electron chi connectivity index (χ0n) is 11.4. The summed E-state index contributed by atoms with van der Waals surface area (Å²) in [5, 5.41) is 2.84. The minimum atomic E-state index is -0.144. The van der Waals surface area contributed by atoms with Crippen molar-refractivity contribution in [1.82, 2.24) is 10.3 Å². The molecule has 1 N–H and O–H groups in total. The number of aromatic nitrogens is 1. The van der Waals surface area contributed by atoms with Gasteiger partial charge in [0.1, 0.15) is 11.5 Å². The molecular formula is C15H16N2O3. The molecule has 0 aliphatic rings. The minimum Gasteiger partial charge on any atom is -0.497 e. The monoisotopic (exact) mass is 272 g/mol. The van der Waals surface area contributed by atoms with Crippen LogP contribution in [0, 0.1) is 0 Å². The Hall–Kier alpha value is -2.56. The number of nitrogens with one attached hydrogen (secondary N) is 1. The summed E-state index contributed by atoms with van der Waals surface area (Å²) in [6.45, 7) is 0.398. The molecule has 0 aliphatic heterocycles. The molecule has 0 saturated carbocycles. The highest BCUT2D eigenvalue weighted by atomic mass is 16.5. The van der Waals surface area contributed by atoms with E-state index >= 15 is 0 Å². The molecule has 5 nitrogen and oxygen atoms in total. The Morgan fingerprint density at radius 2 is 1.70 bits per heavy atom. The van der Waals surface area contributed by atoms with Gasteiger partial charge < -0.3 is 14.8 Å². The summed E-state index contributed by atoms with van der Waals surface area (Å²) in [5.41, 5.74) is 1.48. The summed E-state index contributed by atoms with van der Waals surface area (Å²) in [5.74, 6) is 1.24. The summed E-state index contributed by atoms with van der Waals surface area (Å²) in [6, 6.07) is 8.84. The number of rotatable bonds is 5. The van der Waals surface area contributed by atoms with Crippen LogP contribution >= 0.6 is 0 Å². The molecule has 1 aromatic heterocycles. The van der Waals surface area contributed by atoms with Gasteiger partial charge in [-0.25, -0.2) is 0 Å². The van der Waals surface area contributed by atoms with Crippen molar-refractivity contribution < 1.29 is 14.3 Å². The summed E-state index contributed by atoms with van der Waals surface area (Å²) in [6.07, 6.45) is 3.17. The Morgan fingerprint density at radius 3 is 2.25 bits per heavy atom. The molecule has 1 amide bonds. The van der Waals surface area contributed by atoms with Crippen LogP contribution in [0.1, 0.15) is 15.9 Å². The number of hydrogen-bond acceptors (Lipinski definition) is 4. The van der Waals surface area contributed by atoms with Gasteiger partial charge in [-0.3, -0.25) is 9.78 Å². The van der Waals surface area contributed by atoms with Crippen molar-refractivity contribution >= 4 is 5.91 Å². The SMILES string of the molecule is COc1cc(CNC(=O)c2ccncc2)cc(OC)c1. The fraction of sp³-hybridized carbons (Fsp3) is 0.200. The van der Waals surface area contributed by atoms with Crippen LogP contribution in [-0.2, 0) is 6.54 Å². The van der Waals surface area contributed by atoms with Gasteiger partial charge in [0.25, 0.3) is 5.91 Å². The molecule has 0 saturated heterocycles. The van der Waals surface area contributed by atoms with E-state index in [0.29, 0.717) is 23.6 Å². The zero-order valence-corrected chi connectivity index (χ0v) is 11.4. The van der Waals surface area contributed by atoms with Gasteiger partial charge in [-0.05, 0) is 29.8 Å². The Labute approximate surface area is 117 Å². The smallest absolute Gasteiger partial charge is 0.251 e. The van der Waals surface area contributed by atoms with E-state index in [4.69, 9.17) is 9.47 Å². The number of carbonyl (C=O) groups is 1. The van der Waals surface area contributed by atoms with Crippen molar-refractivity contribution in [3.63, 3.8) is 0 Å². The Bertz CT molecular complexity index is 563. The molecule has 0 spiro atoms. The molecular weight excluding hydrogens is 256 g/mol. The Morgan fingerprint density at radius 1 is 1.10 bits per heavy atom. The third kappa shape index (κ3) is 3.47. The van der Waals surface area contributed by atoms with Gasteiger partial charge in [0.15, 0.2) is 0 Å². The van der Waals surface area contributed by atoms with Crippen LogP contribution in [-0.4, -0.2) is 25.1 Å². The van der Waals surface area contributed by atoms with Gasteiger partial charge >= 0.3 is 0 Å². The predicted molar refractivity (Wildman–Crippen MR) is 75.0 cm³/mol. The lowest BCUT2D eigenvalue weighted by Crippen LogP contribution is -2.22. The van der Waals surface area contributed by atoms with Gasteiger partial charge in [0.05, 0.1) is 14.2 Å². The van der Waals surface area contributed by atoms with Crippen LogP contribution in [0.4, 0.5) is 0 Å². The van der Waals surface area contributed by atoms with Gasteiger partial charge in [-0.1, -0.05) is 0 Å².